The smallest absolute Gasteiger partial charge is 0.240 e. The van der Waals surface area contributed by atoms with Gasteiger partial charge in [-0.05, 0) is 52.1 Å². The van der Waals surface area contributed by atoms with Crippen molar-refractivity contribution in [2.75, 3.05) is 0 Å². The molecule has 2 heterocycles. The number of para-hydroxylation sites is 2. The molecule has 2 N–H and O–H groups in total. The summed E-state index contributed by atoms with van der Waals surface area (Å²) in [5, 5.41) is 9.60. The van der Waals surface area contributed by atoms with E-state index in [-0.39, 0.29) is 36.2 Å². The van der Waals surface area contributed by atoms with Gasteiger partial charge in [0, 0.05) is 18.0 Å². The van der Waals surface area contributed by atoms with Gasteiger partial charge in [0.1, 0.15) is 0 Å². The Morgan fingerprint density at radius 1 is 0.792 bits per heavy atom. The molecule has 1 aliphatic heterocycles. The summed E-state index contributed by atoms with van der Waals surface area (Å²) in [6.45, 7) is 2.90. The molecule has 0 spiro atoms. The van der Waals surface area contributed by atoms with Gasteiger partial charge in [-0.2, -0.15) is 0 Å². The number of fused-ring (bicyclic) bond motifs is 1. The highest BCUT2D eigenvalue weighted by Gasteiger charge is 2.38. The van der Waals surface area contributed by atoms with Crippen LogP contribution in [0.2, 0.25) is 0 Å². The molecule has 7 rings (SSSR count). The average molecular weight is 660 g/mol. The quantitative estimate of drug-likeness (QED) is 0.162. The number of hydrogen-bond donors (Lipinski definition) is 2. The summed E-state index contributed by atoms with van der Waals surface area (Å²) in [4.78, 5) is 4.82. The fourth-order valence-electron chi connectivity index (χ4n) is 6.31. The number of imidazole rings is 1. The highest BCUT2D eigenvalue weighted by molar-refractivity contribution is 7.89. The summed E-state index contributed by atoms with van der Waals surface area (Å²) in [6, 6.07) is 40.2. The third kappa shape index (κ3) is 6.69. The van der Waals surface area contributed by atoms with Crippen LogP contribution >= 0.6 is 0 Å². The predicted octanol–water partition coefficient (Wildman–Crippen LogP) is 7.17. The number of rotatable bonds is 10. The van der Waals surface area contributed by atoms with Crippen LogP contribution in [0.5, 0.6) is 0 Å². The van der Waals surface area contributed by atoms with E-state index < -0.39 is 16.3 Å². The van der Waals surface area contributed by atoms with Gasteiger partial charge in [-0.1, -0.05) is 110 Å². The van der Waals surface area contributed by atoms with Gasteiger partial charge in [0.15, 0.2) is 6.29 Å². The van der Waals surface area contributed by atoms with Crippen molar-refractivity contribution in [1.29, 1.82) is 0 Å². The molecule has 9 heteroatoms. The Bertz CT molecular complexity index is 2100. The zero-order valence-electron chi connectivity index (χ0n) is 26.5. The minimum absolute atomic E-state index is 0.0161. The van der Waals surface area contributed by atoms with Crippen molar-refractivity contribution in [2.24, 2.45) is 5.92 Å². The fourth-order valence-corrected chi connectivity index (χ4v) is 7.34. The molecule has 4 unspecified atom stereocenters. The van der Waals surface area contributed by atoms with E-state index in [4.69, 9.17) is 9.47 Å². The van der Waals surface area contributed by atoms with Crippen molar-refractivity contribution < 1.29 is 23.0 Å². The fraction of sp³-hybridized carbons (Fsp3) is 0.205. The summed E-state index contributed by atoms with van der Waals surface area (Å²) in [5.41, 5.74) is 7.49. The maximum absolute atomic E-state index is 12.9. The lowest BCUT2D eigenvalue weighted by atomic mass is 9.90. The second-order valence-corrected chi connectivity index (χ2v) is 13.9. The second kappa shape index (κ2) is 13.8. The van der Waals surface area contributed by atoms with E-state index in [1.165, 1.54) is 0 Å². The van der Waals surface area contributed by atoms with Crippen LogP contribution < -0.4 is 4.72 Å². The molecule has 1 aromatic heterocycles. The number of benzene rings is 5. The molecule has 1 aliphatic rings. The van der Waals surface area contributed by atoms with Crippen LogP contribution in [0.25, 0.3) is 22.2 Å². The molecule has 1 saturated heterocycles. The Labute approximate surface area is 280 Å². The Morgan fingerprint density at radius 2 is 1.48 bits per heavy atom. The minimum Gasteiger partial charge on any atom is -0.392 e. The number of aliphatic hydroxyl groups excluding tert-OH is 1. The molecular weight excluding hydrogens is 623 g/mol. The molecule has 1 fully saturated rings. The second-order valence-electron chi connectivity index (χ2n) is 12.1. The van der Waals surface area contributed by atoms with Gasteiger partial charge in [-0.3, -0.25) is 0 Å². The SMILES string of the molecule is CC1C(Cn2cnc3ccccc32)OC(c2ccc(-c3ccccc3CNS(=O)(=O)c3ccccc3)cc2)OC1c1ccc(CO)cc1. The molecule has 6 aromatic rings. The Morgan fingerprint density at radius 3 is 2.25 bits per heavy atom. The minimum atomic E-state index is -3.65. The molecule has 0 saturated carbocycles. The number of aromatic nitrogens is 2. The van der Waals surface area contributed by atoms with Crippen molar-refractivity contribution in [3.05, 3.63) is 156 Å². The first kappa shape index (κ1) is 31.9. The van der Waals surface area contributed by atoms with E-state index in [1.54, 1.807) is 30.3 Å². The monoisotopic (exact) mass is 659 g/mol. The number of ether oxygens (including phenoxy) is 2. The van der Waals surface area contributed by atoms with Crippen molar-refractivity contribution in [3.8, 4) is 11.1 Å². The van der Waals surface area contributed by atoms with Crippen molar-refractivity contribution >= 4 is 21.1 Å². The first-order chi connectivity index (χ1) is 23.4. The van der Waals surface area contributed by atoms with Crippen LogP contribution in [0.15, 0.2) is 139 Å². The van der Waals surface area contributed by atoms with Crippen LogP contribution in [0.1, 0.15) is 41.6 Å². The summed E-state index contributed by atoms with van der Waals surface area (Å²) >= 11 is 0. The topological polar surface area (TPSA) is 103 Å². The highest BCUT2D eigenvalue weighted by Crippen LogP contribution is 2.42. The lowest BCUT2D eigenvalue weighted by Crippen LogP contribution is -2.39. The summed E-state index contributed by atoms with van der Waals surface area (Å²) < 4.78 is 44.0. The Hall–Kier alpha value is -4.64. The van der Waals surface area contributed by atoms with Crippen molar-refractivity contribution in [2.45, 2.75) is 50.0 Å². The lowest BCUT2D eigenvalue weighted by Gasteiger charge is -2.41. The number of aliphatic hydroxyl groups is 1. The number of nitrogens with one attached hydrogen (secondary N) is 1. The number of hydrogen-bond acceptors (Lipinski definition) is 6. The van der Waals surface area contributed by atoms with Gasteiger partial charge in [0.2, 0.25) is 10.0 Å². The molecule has 4 atom stereocenters. The molecule has 48 heavy (non-hydrogen) atoms. The first-order valence-electron chi connectivity index (χ1n) is 16.0. The molecule has 0 radical (unpaired) electrons. The highest BCUT2D eigenvalue weighted by atomic mass is 32.2. The van der Waals surface area contributed by atoms with Gasteiger partial charge < -0.3 is 19.1 Å². The molecule has 5 aromatic carbocycles. The van der Waals surface area contributed by atoms with Crippen LogP contribution in [-0.4, -0.2) is 29.2 Å². The lowest BCUT2D eigenvalue weighted by molar-refractivity contribution is -0.276. The summed E-state index contributed by atoms with van der Waals surface area (Å²) in [5.74, 6) is 0.0215. The molecule has 0 bridgehead atoms. The zero-order chi connectivity index (χ0) is 33.1. The third-order valence-corrected chi connectivity index (χ3v) is 10.5. The number of nitrogens with zero attached hydrogens (tertiary/aromatic N) is 2. The Kier molecular flexibility index (Phi) is 9.21. The van der Waals surface area contributed by atoms with Gasteiger partial charge in [-0.25, -0.2) is 18.1 Å². The zero-order valence-corrected chi connectivity index (χ0v) is 27.3. The van der Waals surface area contributed by atoms with Crippen molar-refractivity contribution in [1.82, 2.24) is 14.3 Å². The Balaban J connectivity index is 1.15. The maximum atomic E-state index is 12.9. The first-order valence-corrected chi connectivity index (χ1v) is 17.5. The average Bonchev–Trinajstić information content (AvgIpc) is 3.55. The van der Waals surface area contributed by atoms with Crippen LogP contribution in [0, 0.1) is 5.92 Å². The van der Waals surface area contributed by atoms with E-state index in [0.717, 1.165) is 44.4 Å². The van der Waals surface area contributed by atoms with Crippen molar-refractivity contribution in [3.63, 3.8) is 0 Å². The largest absolute Gasteiger partial charge is 0.392 e. The molecule has 0 aliphatic carbocycles. The molecule has 0 amide bonds. The van der Waals surface area contributed by atoms with E-state index in [1.807, 2.05) is 97.3 Å². The van der Waals surface area contributed by atoms with E-state index in [9.17, 15) is 13.5 Å². The van der Waals surface area contributed by atoms with E-state index >= 15 is 0 Å². The van der Waals surface area contributed by atoms with Crippen LogP contribution in [-0.2, 0) is 39.2 Å². The summed E-state index contributed by atoms with van der Waals surface area (Å²) in [6.07, 6.45) is 0.823. The standard InChI is InChI=1S/C39H37N3O5S/c1-27-37(24-42-26-40-35-13-7-8-14-36(35)42)46-39(47-38(27)30-17-15-28(25-43)16-18-30)31-21-19-29(20-22-31)34-12-6-5-9-32(34)23-41-48(44,45)33-10-3-2-4-11-33/h2-22,26-27,37-39,41,43H,23-25H2,1H3. The third-order valence-electron chi connectivity index (χ3n) is 9.04. The van der Waals surface area contributed by atoms with E-state index in [0.29, 0.717) is 6.54 Å². The molecular formula is C39H37N3O5S. The van der Waals surface area contributed by atoms with Gasteiger partial charge in [0.05, 0.1) is 47.6 Å². The maximum Gasteiger partial charge on any atom is 0.240 e. The van der Waals surface area contributed by atoms with Crippen LogP contribution in [0.3, 0.4) is 0 Å². The van der Waals surface area contributed by atoms with Gasteiger partial charge in [-0.15, -0.1) is 0 Å². The normalized spacial score (nSPS) is 19.8. The summed E-state index contributed by atoms with van der Waals surface area (Å²) in [7, 11) is -3.65. The van der Waals surface area contributed by atoms with Gasteiger partial charge in [0.25, 0.3) is 0 Å². The van der Waals surface area contributed by atoms with E-state index in [2.05, 4.69) is 27.3 Å². The predicted molar refractivity (Wildman–Crippen MR) is 185 cm³/mol. The number of sulfonamides is 1. The van der Waals surface area contributed by atoms with Crippen LogP contribution in [0.4, 0.5) is 0 Å². The molecule has 244 valence electrons. The van der Waals surface area contributed by atoms with Gasteiger partial charge >= 0.3 is 0 Å². The molecule has 8 nitrogen and oxygen atoms in total.